The van der Waals surface area contributed by atoms with Gasteiger partial charge in [0.05, 0.1) is 18.3 Å². The smallest absolute Gasteiger partial charge is 0.153 e. The van der Waals surface area contributed by atoms with Crippen LogP contribution < -0.4 is 4.74 Å². The van der Waals surface area contributed by atoms with Crippen molar-refractivity contribution in [1.29, 1.82) is 0 Å². The number of aliphatic hydroxyl groups is 1. The van der Waals surface area contributed by atoms with E-state index >= 15 is 0 Å². The van der Waals surface area contributed by atoms with Crippen LogP contribution in [0.4, 0.5) is 0 Å². The largest absolute Gasteiger partial charge is 0.493 e. The highest BCUT2D eigenvalue weighted by Gasteiger charge is 2.08. The summed E-state index contributed by atoms with van der Waals surface area (Å²) in [7, 11) is 0. The van der Waals surface area contributed by atoms with E-state index in [1.807, 2.05) is 36.4 Å². The minimum Gasteiger partial charge on any atom is -0.493 e. The predicted octanol–water partition coefficient (Wildman–Crippen LogP) is 3.00. The van der Waals surface area contributed by atoms with E-state index in [0.717, 1.165) is 11.8 Å². The van der Waals surface area contributed by atoms with Crippen molar-refractivity contribution in [1.82, 2.24) is 0 Å². The summed E-state index contributed by atoms with van der Waals surface area (Å²) < 4.78 is 5.53. The second-order valence-electron chi connectivity index (χ2n) is 4.22. The molecule has 0 spiro atoms. The van der Waals surface area contributed by atoms with Gasteiger partial charge in [-0.25, -0.2) is 0 Å². The zero-order chi connectivity index (χ0) is 13.5. The van der Waals surface area contributed by atoms with E-state index in [-0.39, 0.29) is 0 Å². The van der Waals surface area contributed by atoms with Gasteiger partial charge in [0.1, 0.15) is 5.75 Å². The predicted molar refractivity (Wildman–Crippen MR) is 73.3 cm³/mol. The molecule has 0 heterocycles. The van der Waals surface area contributed by atoms with Crippen molar-refractivity contribution in [3.63, 3.8) is 0 Å². The summed E-state index contributed by atoms with van der Waals surface area (Å²) in [6.07, 6.45) is 0.699. The third-order valence-corrected chi connectivity index (χ3v) is 2.88. The Kier molecular flexibility index (Phi) is 4.70. The molecule has 0 saturated carbocycles. The number of rotatable bonds is 6. The number of hydrogen-bond donors (Lipinski definition) is 1. The van der Waals surface area contributed by atoms with Crippen LogP contribution in [0.25, 0.3) is 0 Å². The lowest BCUT2D eigenvalue weighted by Crippen LogP contribution is -2.06. The maximum absolute atomic E-state index is 10.8. The maximum atomic E-state index is 10.8. The Bertz CT molecular complexity index is 523. The fourth-order valence-electron chi connectivity index (χ4n) is 1.83. The lowest BCUT2D eigenvalue weighted by Gasteiger charge is -2.12. The van der Waals surface area contributed by atoms with Crippen LogP contribution in [0.5, 0.6) is 5.75 Å². The molecule has 0 aliphatic heterocycles. The summed E-state index contributed by atoms with van der Waals surface area (Å²) in [6, 6.07) is 16.5. The first-order chi connectivity index (χ1) is 9.31. The van der Waals surface area contributed by atoms with Crippen molar-refractivity contribution in [3.8, 4) is 5.75 Å². The summed E-state index contributed by atoms with van der Waals surface area (Å²) in [6.45, 7) is 0.362. The number of aldehydes is 1. The number of para-hydroxylation sites is 1. The molecule has 0 amide bonds. The first-order valence-corrected chi connectivity index (χ1v) is 6.21. The van der Waals surface area contributed by atoms with Crippen molar-refractivity contribution >= 4 is 6.29 Å². The van der Waals surface area contributed by atoms with Gasteiger partial charge in [-0.05, 0) is 17.7 Å². The molecular weight excluding hydrogens is 240 g/mol. The molecular formula is C16H16O3. The Morgan fingerprint density at radius 3 is 2.47 bits per heavy atom. The van der Waals surface area contributed by atoms with Gasteiger partial charge in [-0.2, -0.15) is 0 Å². The Morgan fingerprint density at radius 1 is 1.05 bits per heavy atom. The molecule has 1 N–H and O–H groups in total. The van der Waals surface area contributed by atoms with Crippen LogP contribution in [0.2, 0.25) is 0 Å². The van der Waals surface area contributed by atoms with Crippen molar-refractivity contribution in [2.24, 2.45) is 0 Å². The van der Waals surface area contributed by atoms with E-state index < -0.39 is 6.10 Å². The SMILES string of the molecule is O=Cc1ccccc1OCC[C@@H](O)c1ccccc1. The van der Waals surface area contributed by atoms with Gasteiger partial charge < -0.3 is 9.84 Å². The molecule has 2 aromatic carbocycles. The van der Waals surface area contributed by atoms with E-state index in [0.29, 0.717) is 24.3 Å². The number of hydrogen-bond acceptors (Lipinski definition) is 3. The van der Waals surface area contributed by atoms with Gasteiger partial charge in [0.25, 0.3) is 0 Å². The maximum Gasteiger partial charge on any atom is 0.153 e. The minimum absolute atomic E-state index is 0.362. The molecule has 0 bridgehead atoms. The number of aliphatic hydroxyl groups excluding tert-OH is 1. The molecule has 0 saturated heterocycles. The van der Waals surface area contributed by atoms with Crippen LogP contribution in [0.15, 0.2) is 54.6 Å². The van der Waals surface area contributed by atoms with E-state index in [2.05, 4.69) is 0 Å². The summed E-state index contributed by atoms with van der Waals surface area (Å²) in [5.41, 5.74) is 1.39. The molecule has 0 aliphatic rings. The number of carbonyl (C=O) groups excluding carboxylic acids is 1. The standard InChI is InChI=1S/C16H16O3/c17-12-14-8-4-5-9-16(14)19-11-10-15(18)13-6-2-1-3-7-13/h1-9,12,15,18H,10-11H2/t15-/m1/s1. The summed E-state index contributed by atoms with van der Waals surface area (Å²) >= 11 is 0. The highest BCUT2D eigenvalue weighted by Crippen LogP contribution is 2.19. The normalized spacial score (nSPS) is 11.8. The number of ether oxygens (including phenoxy) is 1. The first kappa shape index (κ1) is 13.3. The zero-order valence-electron chi connectivity index (χ0n) is 10.5. The molecule has 3 nitrogen and oxygen atoms in total. The molecule has 0 aliphatic carbocycles. The van der Waals surface area contributed by atoms with E-state index in [4.69, 9.17) is 4.74 Å². The monoisotopic (exact) mass is 256 g/mol. The van der Waals surface area contributed by atoms with E-state index in [1.54, 1.807) is 18.2 Å². The Balaban J connectivity index is 1.88. The average molecular weight is 256 g/mol. The summed E-state index contributed by atoms with van der Waals surface area (Å²) in [5.74, 6) is 0.553. The van der Waals surface area contributed by atoms with Crippen LogP contribution in [0.1, 0.15) is 28.4 Å². The molecule has 1 atom stereocenters. The van der Waals surface area contributed by atoms with Crippen LogP contribution in [0.3, 0.4) is 0 Å². The Morgan fingerprint density at radius 2 is 1.74 bits per heavy atom. The third-order valence-electron chi connectivity index (χ3n) is 2.88. The van der Waals surface area contributed by atoms with E-state index in [1.165, 1.54) is 0 Å². The highest BCUT2D eigenvalue weighted by atomic mass is 16.5. The molecule has 2 aromatic rings. The minimum atomic E-state index is -0.551. The molecule has 0 unspecified atom stereocenters. The molecule has 19 heavy (non-hydrogen) atoms. The summed E-state index contributed by atoms with van der Waals surface area (Å²) in [5, 5.41) is 9.98. The Hall–Kier alpha value is -2.13. The van der Waals surface area contributed by atoms with Crippen LogP contribution in [0, 0.1) is 0 Å². The van der Waals surface area contributed by atoms with Gasteiger partial charge in [-0.15, -0.1) is 0 Å². The van der Waals surface area contributed by atoms with Gasteiger partial charge in [0, 0.05) is 6.42 Å². The molecule has 98 valence electrons. The fraction of sp³-hybridized carbons (Fsp3) is 0.188. The first-order valence-electron chi connectivity index (χ1n) is 6.21. The Labute approximate surface area is 112 Å². The lowest BCUT2D eigenvalue weighted by molar-refractivity contribution is 0.111. The van der Waals surface area contributed by atoms with Gasteiger partial charge in [-0.3, -0.25) is 4.79 Å². The van der Waals surface area contributed by atoms with E-state index in [9.17, 15) is 9.90 Å². The van der Waals surface area contributed by atoms with Crippen LogP contribution in [-0.2, 0) is 0 Å². The van der Waals surface area contributed by atoms with Crippen molar-refractivity contribution in [2.45, 2.75) is 12.5 Å². The molecule has 0 radical (unpaired) electrons. The topological polar surface area (TPSA) is 46.5 Å². The fourth-order valence-corrected chi connectivity index (χ4v) is 1.83. The van der Waals surface area contributed by atoms with Crippen molar-refractivity contribution < 1.29 is 14.6 Å². The van der Waals surface area contributed by atoms with Crippen LogP contribution in [-0.4, -0.2) is 18.0 Å². The molecule has 0 aromatic heterocycles. The van der Waals surface area contributed by atoms with Gasteiger partial charge >= 0.3 is 0 Å². The lowest BCUT2D eigenvalue weighted by atomic mass is 10.1. The third kappa shape index (κ3) is 3.66. The van der Waals surface area contributed by atoms with Gasteiger partial charge in [0.2, 0.25) is 0 Å². The van der Waals surface area contributed by atoms with Crippen LogP contribution >= 0.6 is 0 Å². The highest BCUT2D eigenvalue weighted by molar-refractivity contribution is 5.79. The average Bonchev–Trinajstić information content (AvgIpc) is 2.48. The molecule has 0 fully saturated rings. The second kappa shape index (κ2) is 6.71. The number of benzene rings is 2. The quantitative estimate of drug-likeness (QED) is 0.808. The van der Waals surface area contributed by atoms with Gasteiger partial charge in [0.15, 0.2) is 6.29 Å². The van der Waals surface area contributed by atoms with Crippen molar-refractivity contribution in [3.05, 3.63) is 65.7 Å². The van der Waals surface area contributed by atoms with Crippen molar-refractivity contribution in [2.75, 3.05) is 6.61 Å². The number of carbonyl (C=O) groups is 1. The zero-order valence-corrected chi connectivity index (χ0v) is 10.5. The molecule has 3 heteroatoms. The molecule has 2 rings (SSSR count). The second-order valence-corrected chi connectivity index (χ2v) is 4.22. The van der Waals surface area contributed by atoms with Gasteiger partial charge in [-0.1, -0.05) is 42.5 Å². The summed E-state index contributed by atoms with van der Waals surface area (Å²) in [4.78, 5) is 10.8.